The summed E-state index contributed by atoms with van der Waals surface area (Å²) in [5, 5.41) is 9.81. The zero-order valence-electron chi connectivity index (χ0n) is 11.7. The van der Waals surface area contributed by atoms with E-state index in [9.17, 15) is 14.7 Å². The van der Waals surface area contributed by atoms with Crippen LogP contribution in [0.15, 0.2) is 11.3 Å². The van der Waals surface area contributed by atoms with Crippen LogP contribution in [0, 0.1) is 5.92 Å². The van der Waals surface area contributed by atoms with E-state index in [1.165, 1.54) is 0 Å². The molecule has 1 heterocycles. The molecule has 2 fully saturated rings. The molecule has 0 aromatic heterocycles. The van der Waals surface area contributed by atoms with E-state index in [1.807, 2.05) is 6.92 Å². The lowest BCUT2D eigenvalue weighted by Crippen LogP contribution is -2.47. The molecule has 106 valence electrons. The number of carbonyl (C=O) groups excluding carboxylic acids is 2. The van der Waals surface area contributed by atoms with Gasteiger partial charge in [0.1, 0.15) is 16.9 Å². The number of carbonyl (C=O) groups is 2. The lowest BCUT2D eigenvalue weighted by atomic mass is 9.74. The summed E-state index contributed by atoms with van der Waals surface area (Å²) in [5.74, 6) is -0.520. The molecule has 2 atom stereocenters. The topological polar surface area (TPSA) is 63.6 Å². The highest BCUT2D eigenvalue weighted by Gasteiger charge is 2.47. The molecule has 2 unspecified atom stereocenters. The van der Waals surface area contributed by atoms with Crippen LogP contribution in [0.1, 0.15) is 58.8 Å². The highest BCUT2D eigenvalue weighted by Crippen LogP contribution is 2.41. The third-order valence-corrected chi connectivity index (χ3v) is 4.10. The van der Waals surface area contributed by atoms with Crippen molar-refractivity contribution >= 4 is 11.8 Å². The van der Waals surface area contributed by atoms with Gasteiger partial charge in [-0.2, -0.15) is 0 Å². The van der Waals surface area contributed by atoms with Gasteiger partial charge in [0.05, 0.1) is 6.42 Å². The minimum atomic E-state index is -0.628. The summed E-state index contributed by atoms with van der Waals surface area (Å²) in [6.45, 7) is 4.01. The highest BCUT2D eigenvalue weighted by molar-refractivity contribution is 6.19. The second-order valence-electron chi connectivity index (χ2n) is 5.95. The van der Waals surface area contributed by atoms with Crippen molar-refractivity contribution in [2.24, 2.45) is 5.92 Å². The maximum atomic E-state index is 12.2. The number of Topliss-reactive ketones (excluding diaryl/α,β-unsaturated/α-hetero) is 1. The molecule has 0 aromatic rings. The number of ether oxygens (including phenoxy) is 1. The minimum Gasteiger partial charge on any atom is -0.511 e. The van der Waals surface area contributed by atoms with Crippen LogP contribution in [-0.4, -0.2) is 22.5 Å². The fraction of sp³-hybridized carbons (Fsp3) is 0.733. The standard InChI is InChI=1S/C15H22O4/c1-3-5-11(16)13-12(17)9-15(19-14(13)18)7-4-6-10(2)8-15/h10,16H,3-9H2,1-2H3. The third-order valence-electron chi connectivity index (χ3n) is 4.10. The van der Waals surface area contributed by atoms with Crippen LogP contribution in [0.2, 0.25) is 0 Å². The largest absolute Gasteiger partial charge is 0.511 e. The predicted molar refractivity (Wildman–Crippen MR) is 70.6 cm³/mol. The monoisotopic (exact) mass is 266 g/mol. The predicted octanol–water partition coefficient (Wildman–Crippen LogP) is 3.06. The Balaban J connectivity index is 2.21. The van der Waals surface area contributed by atoms with Crippen molar-refractivity contribution in [1.29, 1.82) is 0 Å². The minimum absolute atomic E-state index is 0.115. The molecule has 1 saturated carbocycles. The maximum absolute atomic E-state index is 12.2. The fourth-order valence-corrected chi connectivity index (χ4v) is 3.28. The molecule has 1 aliphatic heterocycles. The molecule has 1 spiro atoms. The first-order valence-corrected chi connectivity index (χ1v) is 7.16. The first kappa shape index (κ1) is 14.1. The van der Waals surface area contributed by atoms with Crippen molar-refractivity contribution < 1.29 is 19.4 Å². The molecule has 4 nitrogen and oxygen atoms in total. The molecule has 0 radical (unpaired) electrons. The van der Waals surface area contributed by atoms with E-state index in [-0.39, 0.29) is 23.5 Å². The molecule has 1 saturated heterocycles. The summed E-state index contributed by atoms with van der Waals surface area (Å²) < 4.78 is 5.56. The van der Waals surface area contributed by atoms with Crippen LogP contribution in [0.3, 0.4) is 0 Å². The maximum Gasteiger partial charge on any atom is 0.345 e. The Kier molecular flexibility index (Phi) is 3.97. The molecule has 1 aliphatic carbocycles. The highest BCUT2D eigenvalue weighted by atomic mass is 16.6. The van der Waals surface area contributed by atoms with E-state index in [2.05, 4.69) is 6.92 Å². The van der Waals surface area contributed by atoms with Crippen LogP contribution in [-0.2, 0) is 14.3 Å². The molecule has 2 aliphatic rings. The number of aliphatic hydroxyl groups excluding tert-OH is 1. The Hall–Kier alpha value is -1.32. The molecule has 0 aromatic carbocycles. The number of rotatable bonds is 2. The van der Waals surface area contributed by atoms with Gasteiger partial charge in [-0.05, 0) is 31.6 Å². The Bertz CT molecular complexity index is 402. The molecule has 2 rings (SSSR count). The fourth-order valence-electron chi connectivity index (χ4n) is 3.28. The molecule has 1 N–H and O–H groups in total. The number of hydrogen-bond acceptors (Lipinski definition) is 4. The molecular formula is C15H22O4. The molecule has 4 heteroatoms. The van der Waals surface area contributed by atoms with Crippen molar-refractivity contribution in [2.45, 2.75) is 64.4 Å². The van der Waals surface area contributed by atoms with E-state index >= 15 is 0 Å². The smallest absolute Gasteiger partial charge is 0.345 e. The van der Waals surface area contributed by atoms with Gasteiger partial charge in [0, 0.05) is 6.42 Å². The van der Waals surface area contributed by atoms with Gasteiger partial charge in [0.15, 0.2) is 5.78 Å². The summed E-state index contributed by atoms with van der Waals surface area (Å²) in [5.41, 5.74) is -0.729. The number of allylic oxidation sites excluding steroid dienone is 1. The molecule has 0 amide bonds. The summed E-state index contributed by atoms with van der Waals surface area (Å²) in [4.78, 5) is 24.2. The average Bonchev–Trinajstić information content (AvgIpc) is 2.27. The van der Waals surface area contributed by atoms with Crippen molar-refractivity contribution in [3.8, 4) is 0 Å². The van der Waals surface area contributed by atoms with Gasteiger partial charge in [0.25, 0.3) is 0 Å². The van der Waals surface area contributed by atoms with E-state index in [0.717, 1.165) is 25.7 Å². The van der Waals surface area contributed by atoms with E-state index in [4.69, 9.17) is 4.74 Å². The normalized spacial score (nSPS) is 34.3. The van der Waals surface area contributed by atoms with Gasteiger partial charge >= 0.3 is 5.97 Å². The van der Waals surface area contributed by atoms with Crippen molar-refractivity contribution in [3.05, 3.63) is 11.3 Å². The lowest BCUT2D eigenvalue weighted by Gasteiger charge is -2.41. The molecular weight excluding hydrogens is 244 g/mol. The van der Waals surface area contributed by atoms with Gasteiger partial charge in [-0.25, -0.2) is 4.79 Å². The Labute approximate surface area is 113 Å². The summed E-state index contributed by atoms with van der Waals surface area (Å²) in [7, 11) is 0. The second kappa shape index (κ2) is 5.35. The first-order valence-electron chi connectivity index (χ1n) is 7.16. The van der Waals surface area contributed by atoms with Crippen LogP contribution in [0.5, 0.6) is 0 Å². The van der Waals surface area contributed by atoms with Crippen LogP contribution in [0.25, 0.3) is 0 Å². The molecule has 19 heavy (non-hydrogen) atoms. The number of ketones is 1. The van der Waals surface area contributed by atoms with E-state index < -0.39 is 11.6 Å². The first-order chi connectivity index (χ1) is 8.97. The lowest BCUT2D eigenvalue weighted by molar-refractivity contribution is -0.169. The SMILES string of the molecule is CCCC(O)=C1C(=O)CC2(CCCC(C)C2)OC1=O. The summed E-state index contributed by atoms with van der Waals surface area (Å²) in [6, 6.07) is 0. The number of esters is 1. The van der Waals surface area contributed by atoms with Crippen LogP contribution >= 0.6 is 0 Å². The zero-order valence-corrected chi connectivity index (χ0v) is 11.7. The van der Waals surface area contributed by atoms with Gasteiger partial charge in [-0.3, -0.25) is 4.79 Å². The van der Waals surface area contributed by atoms with Crippen molar-refractivity contribution in [2.75, 3.05) is 0 Å². The van der Waals surface area contributed by atoms with Crippen molar-refractivity contribution in [1.82, 2.24) is 0 Å². The Morgan fingerprint density at radius 2 is 2.21 bits per heavy atom. The zero-order chi connectivity index (χ0) is 14.0. The van der Waals surface area contributed by atoms with E-state index in [0.29, 0.717) is 18.8 Å². The average molecular weight is 266 g/mol. The van der Waals surface area contributed by atoms with Crippen LogP contribution in [0.4, 0.5) is 0 Å². The molecule has 0 bridgehead atoms. The second-order valence-corrected chi connectivity index (χ2v) is 5.95. The number of aliphatic hydroxyl groups is 1. The summed E-state index contributed by atoms with van der Waals surface area (Å²) in [6.07, 6.45) is 4.89. The number of hydrogen-bond donors (Lipinski definition) is 1. The van der Waals surface area contributed by atoms with Gasteiger partial charge in [0.2, 0.25) is 0 Å². The van der Waals surface area contributed by atoms with Crippen molar-refractivity contribution in [3.63, 3.8) is 0 Å². The van der Waals surface area contributed by atoms with Crippen LogP contribution < -0.4 is 0 Å². The summed E-state index contributed by atoms with van der Waals surface area (Å²) >= 11 is 0. The van der Waals surface area contributed by atoms with Gasteiger partial charge < -0.3 is 9.84 Å². The Morgan fingerprint density at radius 1 is 1.47 bits per heavy atom. The van der Waals surface area contributed by atoms with Gasteiger partial charge in [-0.1, -0.05) is 20.3 Å². The Morgan fingerprint density at radius 3 is 2.79 bits per heavy atom. The quantitative estimate of drug-likeness (QED) is 0.361. The van der Waals surface area contributed by atoms with E-state index in [1.54, 1.807) is 0 Å². The third kappa shape index (κ3) is 2.82. The van der Waals surface area contributed by atoms with Gasteiger partial charge in [-0.15, -0.1) is 0 Å².